The summed E-state index contributed by atoms with van der Waals surface area (Å²) in [4.78, 5) is 24.1. The lowest BCUT2D eigenvalue weighted by atomic mass is 10.2. The van der Waals surface area contributed by atoms with Crippen LogP contribution < -0.4 is 19.1 Å². The molecular formula is C24H21N3O4S. The summed E-state index contributed by atoms with van der Waals surface area (Å²) in [7, 11) is 0. The molecule has 1 atom stereocenters. The summed E-state index contributed by atoms with van der Waals surface area (Å²) in [5.41, 5.74) is 1.70. The van der Waals surface area contributed by atoms with Crippen LogP contribution in [-0.4, -0.2) is 35.2 Å². The monoisotopic (exact) mass is 447 g/mol. The molecule has 2 aromatic carbocycles. The molecule has 32 heavy (non-hydrogen) atoms. The lowest BCUT2D eigenvalue weighted by molar-refractivity contribution is -0.127. The van der Waals surface area contributed by atoms with E-state index in [1.807, 2.05) is 55.5 Å². The number of thiazole rings is 1. The third kappa shape index (κ3) is 4.09. The van der Waals surface area contributed by atoms with Gasteiger partial charge < -0.3 is 14.2 Å². The zero-order valence-electron chi connectivity index (χ0n) is 17.4. The smallest absolute Gasteiger partial charge is 0.273 e. The Morgan fingerprint density at radius 3 is 2.88 bits per heavy atom. The predicted octanol–water partition coefficient (Wildman–Crippen LogP) is 4.46. The Balaban J connectivity index is 1.48. The van der Waals surface area contributed by atoms with Gasteiger partial charge in [0.25, 0.3) is 5.91 Å². The van der Waals surface area contributed by atoms with E-state index < -0.39 is 6.10 Å². The van der Waals surface area contributed by atoms with Crippen LogP contribution in [0, 0.1) is 0 Å². The summed E-state index contributed by atoms with van der Waals surface area (Å²) in [6.07, 6.45) is 2.68. The fraction of sp³-hybridized carbons (Fsp3) is 0.208. The minimum Gasteiger partial charge on any atom is -0.494 e. The van der Waals surface area contributed by atoms with Crippen molar-refractivity contribution in [2.45, 2.75) is 19.6 Å². The molecule has 1 amide bonds. The molecule has 0 bridgehead atoms. The Morgan fingerprint density at radius 1 is 1.19 bits per heavy atom. The van der Waals surface area contributed by atoms with Crippen molar-refractivity contribution in [1.29, 1.82) is 0 Å². The van der Waals surface area contributed by atoms with Gasteiger partial charge in [-0.25, -0.2) is 4.98 Å². The largest absolute Gasteiger partial charge is 0.494 e. The number of para-hydroxylation sites is 2. The van der Waals surface area contributed by atoms with Gasteiger partial charge in [-0.15, -0.1) is 0 Å². The van der Waals surface area contributed by atoms with E-state index in [9.17, 15) is 4.79 Å². The molecule has 1 aliphatic rings. The molecule has 162 valence electrons. The number of anilines is 1. The minimum atomic E-state index is -0.771. The van der Waals surface area contributed by atoms with Crippen LogP contribution in [-0.2, 0) is 11.3 Å². The highest BCUT2D eigenvalue weighted by molar-refractivity contribution is 7.22. The van der Waals surface area contributed by atoms with E-state index in [1.54, 1.807) is 23.4 Å². The maximum absolute atomic E-state index is 13.6. The van der Waals surface area contributed by atoms with Crippen LogP contribution in [0.1, 0.15) is 12.5 Å². The zero-order chi connectivity index (χ0) is 21.9. The number of benzene rings is 2. The zero-order valence-corrected chi connectivity index (χ0v) is 18.2. The van der Waals surface area contributed by atoms with E-state index in [1.165, 1.54) is 11.3 Å². The van der Waals surface area contributed by atoms with Crippen molar-refractivity contribution in [2.24, 2.45) is 0 Å². The highest BCUT2D eigenvalue weighted by Crippen LogP contribution is 2.35. The van der Waals surface area contributed by atoms with Crippen molar-refractivity contribution in [3.63, 3.8) is 0 Å². The van der Waals surface area contributed by atoms with Crippen LogP contribution in [0.15, 0.2) is 67.0 Å². The molecule has 3 heterocycles. The van der Waals surface area contributed by atoms with E-state index >= 15 is 0 Å². The maximum Gasteiger partial charge on any atom is 0.273 e. The van der Waals surface area contributed by atoms with Crippen LogP contribution in [0.25, 0.3) is 10.2 Å². The molecule has 0 saturated carbocycles. The number of fused-ring (bicyclic) bond motifs is 2. The number of amides is 1. The first-order valence-corrected chi connectivity index (χ1v) is 11.1. The third-order valence-corrected chi connectivity index (χ3v) is 6.05. The number of pyridine rings is 1. The normalized spacial score (nSPS) is 14.8. The predicted molar refractivity (Wildman–Crippen MR) is 123 cm³/mol. The fourth-order valence-corrected chi connectivity index (χ4v) is 4.49. The van der Waals surface area contributed by atoms with Gasteiger partial charge in [0, 0.05) is 12.4 Å². The van der Waals surface area contributed by atoms with Gasteiger partial charge in [-0.05, 0) is 48.9 Å². The average Bonchev–Trinajstić information content (AvgIpc) is 3.26. The van der Waals surface area contributed by atoms with Gasteiger partial charge in [-0.3, -0.25) is 14.7 Å². The summed E-state index contributed by atoms with van der Waals surface area (Å²) < 4.78 is 18.3. The SMILES string of the molecule is CCOc1ccc2nc(N(Cc3cccnc3)C(=O)C3COc4ccccc4O3)sc2c1. The molecule has 0 aliphatic carbocycles. The summed E-state index contributed by atoms with van der Waals surface area (Å²) in [6.45, 7) is 3.00. The maximum atomic E-state index is 13.6. The molecule has 0 saturated heterocycles. The summed E-state index contributed by atoms with van der Waals surface area (Å²) >= 11 is 1.44. The van der Waals surface area contributed by atoms with Crippen LogP contribution in [0.5, 0.6) is 17.2 Å². The van der Waals surface area contributed by atoms with E-state index in [0.717, 1.165) is 21.5 Å². The molecule has 0 fully saturated rings. The van der Waals surface area contributed by atoms with Crippen molar-refractivity contribution in [3.05, 3.63) is 72.6 Å². The van der Waals surface area contributed by atoms with Gasteiger partial charge in [-0.2, -0.15) is 0 Å². The molecule has 4 aromatic rings. The molecule has 8 heteroatoms. The second kappa shape index (κ2) is 8.84. The van der Waals surface area contributed by atoms with E-state index in [2.05, 4.69) is 4.98 Å². The van der Waals surface area contributed by atoms with E-state index in [4.69, 9.17) is 19.2 Å². The molecule has 1 unspecified atom stereocenters. The lowest BCUT2D eigenvalue weighted by Gasteiger charge is -2.29. The molecular weight excluding hydrogens is 426 g/mol. The number of rotatable bonds is 6. The first-order chi connectivity index (χ1) is 15.7. The number of carbonyl (C=O) groups is 1. The van der Waals surface area contributed by atoms with Crippen molar-refractivity contribution in [2.75, 3.05) is 18.1 Å². The molecule has 0 radical (unpaired) electrons. The minimum absolute atomic E-state index is 0.138. The summed E-state index contributed by atoms with van der Waals surface area (Å²) in [5.74, 6) is 1.76. The summed E-state index contributed by atoms with van der Waals surface area (Å²) in [5, 5.41) is 0.588. The Bertz CT molecular complexity index is 1240. The van der Waals surface area contributed by atoms with Crippen molar-refractivity contribution >= 4 is 32.6 Å². The second-order valence-electron chi connectivity index (χ2n) is 7.21. The first-order valence-electron chi connectivity index (χ1n) is 10.3. The molecule has 0 spiro atoms. The highest BCUT2D eigenvalue weighted by Gasteiger charge is 2.33. The molecule has 1 aliphatic heterocycles. The van der Waals surface area contributed by atoms with E-state index in [-0.39, 0.29) is 12.5 Å². The standard InChI is InChI=1S/C24H21N3O4S/c1-2-29-17-9-10-18-22(12-17)32-24(26-18)27(14-16-6-5-11-25-13-16)23(28)21-15-30-19-7-3-4-8-20(19)31-21/h3-13,21H,2,14-15H2,1H3. The quantitative estimate of drug-likeness (QED) is 0.434. The first kappa shape index (κ1) is 20.3. The van der Waals surface area contributed by atoms with Gasteiger partial charge in [-0.1, -0.05) is 29.5 Å². The fourth-order valence-electron chi connectivity index (χ4n) is 3.49. The highest BCUT2D eigenvalue weighted by atomic mass is 32.1. The van der Waals surface area contributed by atoms with Crippen LogP contribution >= 0.6 is 11.3 Å². The van der Waals surface area contributed by atoms with Gasteiger partial charge in [0.2, 0.25) is 6.10 Å². The lowest BCUT2D eigenvalue weighted by Crippen LogP contribution is -2.46. The molecule has 7 nitrogen and oxygen atoms in total. The third-order valence-electron chi connectivity index (χ3n) is 5.00. The van der Waals surface area contributed by atoms with E-state index in [0.29, 0.717) is 29.8 Å². The average molecular weight is 448 g/mol. The Labute approximate surface area is 189 Å². The molecule has 2 aromatic heterocycles. The number of aromatic nitrogens is 2. The van der Waals surface area contributed by atoms with Crippen LogP contribution in [0.4, 0.5) is 5.13 Å². The van der Waals surface area contributed by atoms with Gasteiger partial charge in [0.1, 0.15) is 12.4 Å². The van der Waals surface area contributed by atoms with Crippen molar-refractivity contribution < 1.29 is 19.0 Å². The Kier molecular flexibility index (Phi) is 5.60. The number of carbonyl (C=O) groups excluding carboxylic acids is 1. The Hall–Kier alpha value is -3.65. The van der Waals surface area contributed by atoms with Crippen LogP contribution in [0.2, 0.25) is 0 Å². The van der Waals surface area contributed by atoms with Gasteiger partial charge >= 0.3 is 0 Å². The Morgan fingerprint density at radius 2 is 2.06 bits per heavy atom. The second-order valence-corrected chi connectivity index (χ2v) is 8.22. The molecule has 5 rings (SSSR count). The van der Waals surface area contributed by atoms with Gasteiger partial charge in [0.05, 0.1) is 23.4 Å². The number of hydrogen-bond donors (Lipinski definition) is 0. The summed E-state index contributed by atoms with van der Waals surface area (Å²) in [6, 6.07) is 16.9. The number of hydrogen-bond acceptors (Lipinski definition) is 7. The van der Waals surface area contributed by atoms with Gasteiger partial charge in [0.15, 0.2) is 16.6 Å². The topological polar surface area (TPSA) is 73.8 Å². The molecule has 0 N–H and O–H groups in total. The number of nitrogens with zero attached hydrogens (tertiary/aromatic N) is 3. The van der Waals surface area contributed by atoms with Crippen molar-refractivity contribution in [1.82, 2.24) is 9.97 Å². The van der Waals surface area contributed by atoms with Crippen LogP contribution in [0.3, 0.4) is 0 Å². The van der Waals surface area contributed by atoms with Crippen molar-refractivity contribution in [3.8, 4) is 17.2 Å². The number of ether oxygens (including phenoxy) is 3.